The van der Waals surface area contributed by atoms with Gasteiger partial charge in [0.1, 0.15) is 41.1 Å². The summed E-state index contributed by atoms with van der Waals surface area (Å²) in [6.07, 6.45) is -8.20. The average molecular weight is 478 g/mol. The molecule has 0 aliphatic carbocycles. The zero-order valence-electron chi connectivity index (χ0n) is 17.7. The third-order valence-electron chi connectivity index (χ3n) is 5.47. The van der Waals surface area contributed by atoms with E-state index in [9.17, 15) is 40.5 Å². The Morgan fingerprint density at radius 1 is 0.971 bits per heavy atom. The van der Waals surface area contributed by atoms with Crippen LogP contribution in [0.4, 0.5) is 0 Å². The topological polar surface area (TPSA) is 200 Å². The molecule has 1 aliphatic heterocycles. The van der Waals surface area contributed by atoms with Crippen molar-refractivity contribution in [3.05, 3.63) is 40.6 Å². The highest BCUT2D eigenvalue weighted by molar-refractivity contribution is 5.89. The lowest BCUT2D eigenvalue weighted by molar-refractivity contribution is -0.277. The van der Waals surface area contributed by atoms with Gasteiger partial charge in [-0.2, -0.15) is 0 Å². The van der Waals surface area contributed by atoms with Crippen LogP contribution in [0.2, 0.25) is 0 Å². The zero-order valence-corrected chi connectivity index (χ0v) is 17.7. The predicted molar refractivity (Wildman–Crippen MR) is 114 cm³/mol. The molecule has 0 bridgehead atoms. The molecule has 7 N–H and O–H groups in total. The van der Waals surface area contributed by atoms with Crippen LogP contribution in [-0.4, -0.2) is 80.2 Å². The maximum Gasteiger partial charge on any atom is 0.229 e. The Hall–Kier alpha value is -3.55. The van der Waals surface area contributed by atoms with Gasteiger partial charge in [0.05, 0.1) is 13.7 Å². The van der Waals surface area contributed by atoms with Crippen molar-refractivity contribution >= 4 is 11.0 Å². The Balaban J connectivity index is 1.75. The van der Waals surface area contributed by atoms with Gasteiger partial charge >= 0.3 is 0 Å². The van der Waals surface area contributed by atoms with E-state index < -0.39 is 60.0 Å². The van der Waals surface area contributed by atoms with Crippen molar-refractivity contribution in [2.45, 2.75) is 30.7 Å². The largest absolute Gasteiger partial charge is 0.504 e. The van der Waals surface area contributed by atoms with Crippen LogP contribution in [0.3, 0.4) is 0 Å². The minimum absolute atomic E-state index is 0.0530. The molecule has 1 fully saturated rings. The van der Waals surface area contributed by atoms with E-state index in [0.717, 1.165) is 12.1 Å². The van der Waals surface area contributed by atoms with E-state index in [4.69, 9.17) is 18.6 Å². The van der Waals surface area contributed by atoms with Crippen molar-refractivity contribution in [1.82, 2.24) is 0 Å². The highest BCUT2D eigenvalue weighted by Gasteiger charge is 2.45. The molecule has 4 rings (SSSR count). The monoisotopic (exact) mass is 478 g/mol. The second-order valence-electron chi connectivity index (χ2n) is 7.62. The van der Waals surface area contributed by atoms with E-state index >= 15 is 0 Å². The van der Waals surface area contributed by atoms with E-state index in [-0.39, 0.29) is 28.2 Å². The van der Waals surface area contributed by atoms with Gasteiger partial charge in [-0.1, -0.05) is 0 Å². The molecule has 5 atom stereocenters. The molecule has 2 aromatic carbocycles. The molecule has 1 saturated heterocycles. The smallest absolute Gasteiger partial charge is 0.229 e. The number of aliphatic hydroxyl groups excluding tert-OH is 4. The number of aliphatic hydroxyl groups is 4. The predicted octanol–water partition coefficient (Wildman–Crippen LogP) is -0.236. The zero-order chi connectivity index (χ0) is 24.7. The molecule has 2 heterocycles. The molecule has 1 aliphatic rings. The van der Waals surface area contributed by atoms with Crippen molar-refractivity contribution in [3.63, 3.8) is 0 Å². The number of fused-ring (bicyclic) bond motifs is 1. The molecule has 182 valence electrons. The van der Waals surface area contributed by atoms with E-state index in [1.165, 1.54) is 25.3 Å². The quantitative estimate of drug-likeness (QED) is 0.254. The molecule has 12 heteroatoms. The van der Waals surface area contributed by atoms with Crippen molar-refractivity contribution in [3.8, 4) is 40.1 Å². The van der Waals surface area contributed by atoms with Crippen LogP contribution in [0.15, 0.2) is 39.5 Å². The fourth-order valence-corrected chi connectivity index (χ4v) is 3.64. The Kier molecular flexibility index (Phi) is 6.25. The molecule has 0 radical (unpaired) electrons. The Morgan fingerprint density at radius 2 is 1.71 bits per heavy atom. The Labute approximate surface area is 191 Å². The lowest BCUT2D eigenvalue weighted by atomic mass is 9.99. The van der Waals surface area contributed by atoms with Crippen LogP contribution in [0, 0.1) is 0 Å². The molecular formula is C22H22O12. The summed E-state index contributed by atoms with van der Waals surface area (Å²) in [6.45, 7) is -0.713. The van der Waals surface area contributed by atoms with Crippen molar-refractivity contribution in [2.24, 2.45) is 0 Å². The highest BCUT2D eigenvalue weighted by Crippen LogP contribution is 2.43. The van der Waals surface area contributed by atoms with Crippen LogP contribution in [-0.2, 0) is 4.74 Å². The highest BCUT2D eigenvalue weighted by atomic mass is 16.7. The molecule has 0 amide bonds. The van der Waals surface area contributed by atoms with Gasteiger partial charge in [-0.05, 0) is 18.2 Å². The second-order valence-corrected chi connectivity index (χ2v) is 7.62. The van der Waals surface area contributed by atoms with Crippen molar-refractivity contribution < 1.29 is 54.4 Å². The van der Waals surface area contributed by atoms with Crippen LogP contribution in [0.5, 0.6) is 28.7 Å². The van der Waals surface area contributed by atoms with E-state index in [1.54, 1.807) is 0 Å². The van der Waals surface area contributed by atoms with Crippen molar-refractivity contribution in [1.29, 1.82) is 0 Å². The van der Waals surface area contributed by atoms with Gasteiger partial charge in [0.25, 0.3) is 0 Å². The average Bonchev–Trinajstić information content (AvgIpc) is 2.81. The van der Waals surface area contributed by atoms with Crippen LogP contribution < -0.4 is 14.9 Å². The summed E-state index contributed by atoms with van der Waals surface area (Å²) >= 11 is 0. The molecule has 1 aromatic heterocycles. The molecule has 12 nitrogen and oxygen atoms in total. The Bertz CT molecular complexity index is 1270. The number of aromatic hydroxyl groups is 3. The van der Waals surface area contributed by atoms with Gasteiger partial charge in [0.2, 0.25) is 12.0 Å². The third kappa shape index (κ3) is 3.97. The van der Waals surface area contributed by atoms with E-state index in [2.05, 4.69) is 0 Å². The van der Waals surface area contributed by atoms with Gasteiger partial charge < -0.3 is 54.4 Å². The maximum absolute atomic E-state index is 12.8. The second kappa shape index (κ2) is 9.00. The van der Waals surface area contributed by atoms with Crippen LogP contribution >= 0.6 is 0 Å². The number of hydrogen-bond acceptors (Lipinski definition) is 12. The summed E-state index contributed by atoms with van der Waals surface area (Å²) in [5.74, 6) is -2.10. The van der Waals surface area contributed by atoms with Gasteiger partial charge in [-0.25, -0.2) is 0 Å². The maximum atomic E-state index is 12.8. The first-order valence-electron chi connectivity index (χ1n) is 10.0. The first-order chi connectivity index (χ1) is 16.2. The summed E-state index contributed by atoms with van der Waals surface area (Å²) in [7, 11) is 1.35. The minimum Gasteiger partial charge on any atom is -0.504 e. The lowest BCUT2D eigenvalue weighted by Crippen LogP contribution is -2.60. The fourth-order valence-electron chi connectivity index (χ4n) is 3.64. The molecule has 3 aromatic rings. The summed E-state index contributed by atoms with van der Waals surface area (Å²) in [5.41, 5.74) is -0.542. The van der Waals surface area contributed by atoms with Gasteiger partial charge in [-0.3, -0.25) is 4.79 Å². The number of hydrogen-bond donors (Lipinski definition) is 7. The summed E-state index contributed by atoms with van der Waals surface area (Å²) in [5, 5.41) is 69.7. The summed E-state index contributed by atoms with van der Waals surface area (Å²) < 4.78 is 21.2. The van der Waals surface area contributed by atoms with Gasteiger partial charge in [0, 0.05) is 17.7 Å². The van der Waals surface area contributed by atoms with Gasteiger partial charge in [0.15, 0.2) is 28.4 Å². The SMILES string of the molecule is COc1cc(-c2cc(=O)c3c(O)c(O[C@H]4O[C@@H](CO)[C@H](O)[C@@H](O)[C@@H]4O)c(O)cc3o2)ccc1O. The van der Waals surface area contributed by atoms with Gasteiger partial charge in [-0.15, -0.1) is 0 Å². The number of phenols is 3. The summed E-state index contributed by atoms with van der Waals surface area (Å²) in [6, 6.07) is 6.30. The normalized spacial score (nSPS) is 24.8. The number of benzene rings is 2. The first-order valence-corrected chi connectivity index (χ1v) is 10.0. The van der Waals surface area contributed by atoms with E-state index in [1.807, 2.05) is 0 Å². The molecule has 0 spiro atoms. The molecule has 34 heavy (non-hydrogen) atoms. The Morgan fingerprint density at radius 3 is 2.38 bits per heavy atom. The third-order valence-corrected chi connectivity index (χ3v) is 5.47. The number of rotatable bonds is 5. The molecule has 0 saturated carbocycles. The molecular weight excluding hydrogens is 456 g/mol. The summed E-state index contributed by atoms with van der Waals surface area (Å²) in [4.78, 5) is 12.8. The van der Waals surface area contributed by atoms with Crippen LogP contribution in [0.1, 0.15) is 0 Å². The van der Waals surface area contributed by atoms with Crippen LogP contribution in [0.25, 0.3) is 22.3 Å². The first kappa shape index (κ1) is 23.6. The molecule has 0 unspecified atom stereocenters. The fraction of sp³-hybridized carbons (Fsp3) is 0.318. The number of ether oxygens (including phenoxy) is 3. The number of methoxy groups -OCH3 is 1. The van der Waals surface area contributed by atoms with E-state index in [0.29, 0.717) is 5.56 Å². The minimum atomic E-state index is -1.81. The van der Waals surface area contributed by atoms with Crippen molar-refractivity contribution in [2.75, 3.05) is 13.7 Å². The lowest BCUT2D eigenvalue weighted by Gasteiger charge is -2.39. The number of phenolic OH excluding ortho intramolecular Hbond substituents is 3. The standard InChI is InChI=1S/C22H22O12/c1-31-13-4-8(2-3-9(13)24)12-5-10(25)16-14(32-12)6-11(26)21(18(16)28)34-22-20(30)19(29)17(27)15(7-23)33-22/h2-6,15,17,19-20,22-24,26-30H,7H2,1H3/t15-,17-,19+,20-,22+/m0/s1.